The Morgan fingerprint density at radius 1 is 0.598 bits per heavy atom. The van der Waals surface area contributed by atoms with Crippen LogP contribution in [0.4, 0.5) is 5.69 Å². The van der Waals surface area contributed by atoms with Crippen LogP contribution in [0.5, 0.6) is 11.5 Å². The number of carboxylic acids is 1. The zero-order chi connectivity index (χ0) is 62.3. The number of ether oxygens (including phenoxy) is 2. The highest BCUT2D eigenvalue weighted by Crippen LogP contribution is 2.56. The first-order valence-corrected chi connectivity index (χ1v) is 30.5. The van der Waals surface area contributed by atoms with Crippen LogP contribution < -0.4 is 21.1 Å². The molecule has 0 atom stereocenters. The van der Waals surface area contributed by atoms with E-state index < -0.39 is 42.9 Å². The molecular weight excluding hydrogens is 1220 g/mol. The SMILES string of the molecule is NCCc1ccccc1.O=C(O)c1ccccc1-c1c2ccc(=NCCc3ccc(S(=O)(=O)O)cc3)cc-2oc2cc(NCCc3ccccc3)ccc12.O=C1OC2(c3ccc(Cl)cc3Oc3cc(Cl)ccc32)c2ccccc21.O=S(=O)=O.O=S(=O)=O. The summed E-state index contributed by atoms with van der Waals surface area (Å²) in [7, 11) is -10.5. The van der Waals surface area contributed by atoms with E-state index in [9.17, 15) is 27.7 Å². The van der Waals surface area contributed by atoms with E-state index in [1.165, 1.54) is 23.3 Å². The molecule has 0 saturated carbocycles. The number of fused-ring (bicyclic) bond motifs is 8. The van der Waals surface area contributed by atoms with Crippen LogP contribution in [0.3, 0.4) is 0 Å². The van der Waals surface area contributed by atoms with Crippen molar-refractivity contribution in [1.82, 2.24) is 0 Å². The first-order valence-electron chi connectivity index (χ1n) is 26.3. The minimum absolute atomic E-state index is 0.151. The van der Waals surface area contributed by atoms with Gasteiger partial charge in [-0.1, -0.05) is 132 Å². The molecule has 0 radical (unpaired) electrons. The van der Waals surface area contributed by atoms with Crippen LogP contribution in [-0.4, -0.2) is 74.9 Å². The maximum Gasteiger partial charge on any atom is 0.425 e. The summed E-state index contributed by atoms with van der Waals surface area (Å²) in [5.74, 6) is 0.291. The average molecular weight is 1270 g/mol. The fourth-order valence-electron chi connectivity index (χ4n) is 9.84. The molecule has 3 aliphatic heterocycles. The molecule has 0 saturated heterocycles. The van der Waals surface area contributed by atoms with E-state index in [0.717, 1.165) is 70.4 Å². The van der Waals surface area contributed by atoms with Gasteiger partial charge in [0.1, 0.15) is 22.8 Å². The van der Waals surface area contributed by atoms with Gasteiger partial charge < -0.3 is 30.0 Å². The Balaban J connectivity index is 0.000000193. The third-order valence-corrected chi connectivity index (χ3v) is 14.9. The quantitative estimate of drug-likeness (QED) is 0.0502. The number of hydrogen-bond donors (Lipinski definition) is 4. The van der Waals surface area contributed by atoms with Crippen molar-refractivity contribution in [1.29, 1.82) is 0 Å². The topological polar surface area (TPSA) is 293 Å². The molecule has 5 N–H and O–H groups in total. The average Bonchev–Trinajstić information content (AvgIpc) is 1.65. The molecule has 23 heteroatoms. The van der Waals surface area contributed by atoms with Crippen molar-refractivity contribution >= 4 is 83.1 Å². The van der Waals surface area contributed by atoms with Crippen molar-refractivity contribution in [3.8, 4) is 33.9 Å². The zero-order valence-corrected chi connectivity index (χ0v) is 49.5. The lowest BCUT2D eigenvalue weighted by Crippen LogP contribution is -2.32. The number of anilines is 1. The van der Waals surface area contributed by atoms with Crippen LogP contribution in [-0.2, 0) is 60.9 Å². The standard InChI is InChI=1S/C36H30N2O6S.C20H10Cl2O3.C8H11N.2O3S/c39-36(40)30-9-5-4-8-29(30)35-31-16-12-26(37-20-18-24-6-2-1-3-7-24)22-33(31)44-34-23-27(13-17-32(34)35)38-21-19-25-10-14-28(15-11-25)45(41,42)43;21-11-5-7-15-17(9-11)24-18-10-12(22)6-8-16(18)20(15)14-4-2-1-3-13(14)19(23)25-20;9-7-6-8-4-2-1-3-5-8;2*1-4(2)3/h1-17,22-23,37H,18-21H2,(H,39,40)(H,41,42,43);1-10H;1-5H,6-7,9H2;;. The Morgan fingerprint density at radius 2 is 1.15 bits per heavy atom. The van der Waals surface area contributed by atoms with Crippen molar-refractivity contribution < 1.29 is 66.8 Å². The number of nitrogens with one attached hydrogen (secondary N) is 1. The lowest BCUT2D eigenvalue weighted by Gasteiger charge is -2.36. The predicted octanol–water partition coefficient (Wildman–Crippen LogP) is 11.7. The fraction of sp³-hybridized carbons (Fsp3) is 0.109. The van der Waals surface area contributed by atoms with Crippen molar-refractivity contribution in [2.45, 2.75) is 29.8 Å². The van der Waals surface area contributed by atoms with Crippen LogP contribution in [0, 0.1) is 0 Å². The van der Waals surface area contributed by atoms with Gasteiger partial charge in [-0.05, 0) is 133 Å². The summed E-state index contributed by atoms with van der Waals surface area (Å²) in [5.41, 5.74) is 14.4. The first kappa shape index (κ1) is 63.7. The number of carbonyl (C=O) groups excluding carboxylic acids is 1. The van der Waals surface area contributed by atoms with Crippen LogP contribution in [0.2, 0.25) is 10.0 Å². The van der Waals surface area contributed by atoms with Gasteiger partial charge in [-0.3, -0.25) is 9.55 Å². The number of halogens is 2. The maximum absolute atomic E-state index is 12.6. The van der Waals surface area contributed by atoms with Crippen molar-refractivity contribution in [3.05, 3.63) is 266 Å². The molecule has 8 aromatic carbocycles. The lowest BCUT2D eigenvalue weighted by molar-refractivity contribution is 0.0224. The van der Waals surface area contributed by atoms with E-state index in [2.05, 4.69) is 29.6 Å². The Morgan fingerprint density at radius 3 is 1.74 bits per heavy atom. The fourth-order valence-corrected chi connectivity index (χ4v) is 10.6. The number of nitrogens with two attached hydrogens (primary N) is 1. The third-order valence-electron chi connectivity index (χ3n) is 13.5. The zero-order valence-electron chi connectivity index (χ0n) is 45.6. The van der Waals surface area contributed by atoms with Crippen LogP contribution in [0.1, 0.15) is 54.1 Å². The van der Waals surface area contributed by atoms with E-state index >= 15 is 0 Å². The van der Waals surface area contributed by atoms with Gasteiger partial charge in [-0.2, -0.15) is 8.42 Å². The number of carbonyl (C=O) groups is 2. The van der Waals surface area contributed by atoms with Gasteiger partial charge in [0.05, 0.1) is 21.4 Å². The van der Waals surface area contributed by atoms with Crippen molar-refractivity contribution in [3.63, 3.8) is 0 Å². The summed E-state index contributed by atoms with van der Waals surface area (Å²) in [6.07, 6.45) is 2.41. The molecule has 4 aliphatic rings. The second-order valence-corrected chi connectivity index (χ2v) is 22.2. The van der Waals surface area contributed by atoms with E-state index in [0.29, 0.717) is 62.3 Å². The molecule has 444 valence electrons. The molecule has 18 nitrogen and oxygen atoms in total. The Hall–Kier alpha value is -9.32. The summed E-state index contributed by atoms with van der Waals surface area (Å²) >= 11 is 12.3. The number of aromatic carboxylic acids is 1. The second kappa shape index (κ2) is 29.2. The Kier molecular flexibility index (Phi) is 21.4. The van der Waals surface area contributed by atoms with E-state index in [1.54, 1.807) is 54.6 Å². The smallest absolute Gasteiger partial charge is 0.425 e. The highest BCUT2D eigenvalue weighted by molar-refractivity contribution is 7.85. The highest BCUT2D eigenvalue weighted by Gasteiger charge is 2.53. The number of rotatable bonds is 12. The van der Waals surface area contributed by atoms with Crippen LogP contribution >= 0.6 is 23.2 Å². The highest BCUT2D eigenvalue weighted by atomic mass is 35.5. The lowest BCUT2D eigenvalue weighted by atomic mass is 9.78. The largest absolute Gasteiger partial charge is 0.478 e. The molecule has 1 aliphatic carbocycles. The van der Waals surface area contributed by atoms with Gasteiger partial charge in [0.2, 0.25) is 0 Å². The van der Waals surface area contributed by atoms with Crippen molar-refractivity contribution in [2.24, 2.45) is 10.7 Å². The number of hydrogen-bond acceptors (Lipinski definition) is 16. The summed E-state index contributed by atoms with van der Waals surface area (Å²) in [4.78, 5) is 29.4. The van der Waals surface area contributed by atoms with E-state index in [4.69, 9.17) is 73.1 Å². The molecular formula is C64H51Cl2N3O15S3. The van der Waals surface area contributed by atoms with E-state index in [1.807, 2.05) is 115 Å². The number of carboxylic acid groups (broad SMARTS) is 1. The Labute approximate surface area is 512 Å². The van der Waals surface area contributed by atoms with Gasteiger partial charge in [0.15, 0.2) is 5.60 Å². The second-order valence-electron chi connectivity index (χ2n) is 19.1. The number of nitrogens with zero attached hydrogens (tertiary/aromatic N) is 1. The van der Waals surface area contributed by atoms with E-state index in [-0.39, 0.29) is 16.4 Å². The maximum atomic E-state index is 12.6. The molecule has 8 aromatic rings. The molecule has 0 unspecified atom stereocenters. The summed E-state index contributed by atoms with van der Waals surface area (Å²) in [5, 5.41) is 16.0. The van der Waals surface area contributed by atoms with Gasteiger partial charge >= 0.3 is 33.2 Å². The monoisotopic (exact) mass is 1270 g/mol. The summed E-state index contributed by atoms with van der Waals surface area (Å²) in [6, 6.07) is 63.0. The molecule has 0 amide bonds. The predicted molar refractivity (Wildman–Crippen MR) is 328 cm³/mol. The molecule has 0 aromatic heterocycles. The van der Waals surface area contributed by atoms with Gasteiger partial charge in [0.25, 0.3) is 10.1 Å². The Bertz CT molecular complexity index is 4450. The van der Waals surface area contributed by atoms with Gasteiger partial charge in [0, 0.05) is 74.2 Å². The third kappa shape index (κ3) is 16.2. The van der Waals surface area contributed by atoms with Gasteiger partial charge in [-0.15, -0.1) is 25.3 Å². The normalized spacial score (nSPS) is 12.3. The molecule has 0 fully saturated rings. The van der Waals surface area contributed by atoms with Crippen molar-refractivity contribution in [2.75, 3.05) is 25.0 Å². The van der Waals surface area contributed by atoms with Crippen LogP contribution in [0.25, 0.3) is 33.4 Å². The molecule has 12 rings (SSSR count). The van der Waals surface area contributed by atoms with Crippen LogP contribution in [0.15, 0.2) is 221 Å². The minimum Gasteiger partial charge on any atom is -0.478 e. The molecule has 1 spiro atoms. The number of esters is 1. The molecule has 3 heterocycles. The van der Waals surface area contributed by atoms with Gasteiger partial charge in [-0.25, -0.2) is 9.59 Å². The molecule has 87 heavy (non-hydrogen) atoms. The minimum atomic E-state index is -4.24. The number of benzene rings is 9. The summed E-state index contributed by atoms with van der Waals surface area (Å²) < 4.78 is 101. The summed E-state index contributed by atoms with van der Waals surface area (Å²) in [6.45, 7) is 1.91. The first-order chi connectivity index (χ1) is 41.7. The molecule has 0 bridgehead atoms.